The fourth-order valence-electron chi connectivity index (χ4n) is 1.47. The Balaban J connectivity index is 3.21. The monoisotopic (exact) mass is 217 g/mol. The van der Waals surface area contributed by atoms with Gasteiger partial charge in [-0.05, 0) is 19.8 Å². The average molecular weight is 217 g/mol. The molecule has 0 heterocycles. The van der Waals surface area contributed by atoms with Crippen LogP contribution < -0.4 is 5.73 Å². The third-order valence-corrected chi connectivity index (χ3v) is 2.59. The van der Waals surface area contributed by atoms with Crippen LogP contribution in [0.2, 0.25) is 0 Å². The summed E-state index contributed by atoms with van der Waals surface area (Å²) >= 11 is 0. The molecule has 0 saturated carbocycles. The lowest BCUT2D eigenvalue weighted by atomic mass is 10.1. The van der Waals surface area contributed by atoms with Crippen LogP contribution in [0.15, 0.2) is 0 Å². The van der Waals surface area contributed by atoms with Gasteiger partial charge >= 0.3 is 0 Å². The van der Waals surface area contributed by atoms with Crippen molar-refractivity contribution in [1.29, 1.82) is 0 Å². The van der Waals surface area contributed by atoms with Crippen molar-refractivity contribution in [2.75, 3.05) is 13.2 Å². The fraction of sp³-hybridized carbons (Fsp3) is 1.00. The highest BCUT2D eigenvalue weighted by Gasteiger charge is 2.04. The zero-order valence-corrected chi connectivity index (χ0v) is 10.2. The van der Waals surface area contributed by atoms with E-state index < -0.39 is 6.10 Å². The van der Waals surface area contributed by atoms with Crippen molar-refractivity contribution < 1.29 is 9.84 Å². The lowest BCUT2D eigenvalue weighted by Gasteiger charge is -2.14. The summed E-state index contributed by atoms with van der Waals surface area (Å²) < 4.78 is 5.58. The van der Waals surface area contributed by atoms with Crippen molar-refractivity contribution in [2.24, 2.45) is 5.73 Å². The number of rotatable bonds is 10. The Labute approximate surface area is 94.0 Å². The Morgan fingerprint density at radius 2 is 1.93 bits per heavy atom. The Kier molecular flexibility index (Phi) is 10.3. The Morgan fingerprint density at radius 3 is 2.53 bits per heavy atom. The van der Waals surface area contributed by atoms with E-state index in [-0.39, 0.29) is 0 Å². The lowest BCUT2D eigenvalue weighted by Crippen LogP contribution is -2.22. The van der Waals surface area contributed by atoms with Crippen LogP contribution in [0.4, 0.5) is 0 Å². The molecule has 0 aliphatic carbocycles. The highest BCUT2D eigenvalue weighted by Crippen LogP contribution is 2.08. The molecule has 2 unspecified atom stereocenters. The van der Waals surface area contributed by atoms with Crippen LogP contribution in [0, 0.1) is 0 Å². The molecule has 92 valence electrons. The summed E-state index contributed by atoms with van der Waals surface area (Å²) in [5.74, 6) is 0. The smallest absolute Gasteiger partial charge is 0.0684 e. The van der Waals surface area contributed by atoms with E-state index in [4.69, 9.17) is 10.5 Å². The van der Waals surface area contributed by atoms with Crippen LogP contribution in [0.3, 0.4) is 0 Å². The van der Waals surface area contributed by atoms with Gasteiger partial charge in [0.1, 0.15) is 0 Å². The first-order chi connectivity index (χ1) is 7.20. The summed E-state index contributed by atoms with van der Waals surface area (Å²) in [6.07, 6.45) is 6.82. The van der Waals surface area contributed by atoms with Gasteiger partial charge in [0.05, 0.1) is 12.2 Å². The number of aliphatic hydroxyl groups excluding tert-OH is 1. The van der Waals surface area contributed by atoms with E-state index >= 15 is 0 Å². The van der Waals surface area contributed by atoms with E-state index in [1.165, 1.54) is 25.7 Å². The average Bonchev–Trinajstić information content (AvgIpc) is 2.24. The molecule has 0 aromatic carbocycles. The number of unbranched alkanes of at least 4 members (excludes halogenated alkanes) is 3. The maximum Gasteiger partial charge on any atom is 0.0684 e. The number of aliphatic hydroxyl groups is 1. The van der Waals surface area contributed by atoms with Gasteiger partial charge in [0.15, 0.2) is 0 Å². The molecule has 3 heteroatoms. The third kappa shape index (κ3) is 10.2. The summed E-state index contributed by atoms with van der Waals surface area (Å²) in [5, 5.41) is 9.21. The van der Waals surface area contributed by atoms with Gasteiger partial charge in [-0.2, -0.15) is 0 Å². The molecule has 0 aliphatic rings. The highest BCUT2D eigenvalue weighted by molar-refractivity contribution is 4.56. The summed E-state index contributed by atoms with van der Waals surface area (Å²) in [6, 6.07) is 0. The van der Waals surface area contributed by atoms with Crippen molar-refractivity contribution >= 4 is 0 Å². The van der Waals surface area contributed by atoms with Crippen molar-refractivity contribution in [3.05, 3.63) is 0 Å². The van der Waals surface area contributed by atoms with Crippen LogP contribution in [0.1, 0.15) is 52.4 Å². The zero-order chi connectivity index (χ0) is 11.5. The molecule has 3 nitrogen and oxygen atoms in total. The predicted octanol–water partition coefficient (Wildman–Crippen LogP) is 2.07. The lowest BCUT2D eigenvalue weighted by molar-refractivity contribution is 0.0341. The Morgan fingerprint density at radius 1 is 1.20 bits per heavy atom. The zero-order valence-electron chi connectivity index (χ0n) is 10.2. The molecule has 0 saturated heterocycles. The van der Waals surface area contributed by atoms with Gasteiger partial charge in [0.2, 0.25) is 0 Å². The maximum absolute atomic E-state index is 9.21. The van der Waals surface area contributed by atoms with E-state index in [1.54, 1.807) is 0 Å². The first-order valence-corrected chi connectivity index (χ1v) is 6.20. The Bertz CT molecular complexity index is 131. The van der Waals surface area contributed by atoms with Crippen molar-refractivity contribution in [1.82, 2.24) is 0 Å². The predicted molar refractivity (Wildman–Crippen MR) is 63.9 cm³/mol. The number of hydrogen-bond acceptors (Lipinski definition) is 3. The topological polar surface area (TPSA) is 55.5 Å². The van der Waals surface area contributed by atoms with Crippen LogP contribution >= 0.6 is 0 Å². The van der Waals surface area contributed by atoms with E-state index in [0.717, 1.165) is 6.42 Å². The van der Waals surface area contributed by atoms with Gasteiger partial charge in [0, 0.05) is 13.2 Å². The molecule has 0 fully saturated rings. The van der Waals surface area contributed by atoms with Gasteiger partial charge in [0.25, 0.3) is 0 Å². The minimum absolute atomic E-state index is 0.312. The molecule has 2 atom stereocenters. The van der Waals surface area contributed by atoms with E-state index in [9.17, 15) is 5.11 Å². The third-order valence-electron chi connectivity index (χ3n) is 2.59. The molecule has 0 aliphatic heterocycles. The number of nitrogens with two attached hydrogens (primary N) is 1. The summed E-state index contributed by atoms with van der Waals surface area (Å²) in [5.41, 5.74) is 5.30. The van der Waals surface area contributed by atoms with Crippen LogP contribution in [0.25, 0.3) is 0 Å². The van der Waals surface area contributed by atoms with Gasteiger partial charge in [-0.1, -0.05) is 32.6 Å². The standard InChI is InChI=1S/C12H27NO2/c1-3-4-5-6-7-11(2)15-9-8-12(14)10-13/h11-12,14H,3-10,13H2,1-2H3. The molecule has 15 heavy (non-hydrogen) atoms. The maximum atomic E-state index is 9.21. The second-order valence-corrected chi connectivity index (χ2v) is 4.21. The van der Waals surface area contributed by atoms with Crippen LogP contribution in [-0.4, -0.2) is 30.5 Å². The largest absolute Gasteiger partial charge is 0.392 e. The second-order valence-electron chi connectivity index (χ2n) is 4.21. The fourth-order valence-corrected chi connectivity index (χ4v) is 1.47. The normalized spacial score (nSPS) is 15.2. The van der Waals surface area contributed by atoms with Crippen LogP contribution in [0.5, 0.6) is 0 Å². The molecule has 0 radical (unpaired) electrons. The molecule has 3 N–H and O–H groups in total. The minimum atomic E-state index is -0.405. The van der Waals surface area contributed by atoms with E-state index in [1.807, 2.05) is 0 Å². The van der Waals surface area contributed by atoms with Gasteiger partial charge < -0.3 is 15.6 Å². The van der Waals surface area contributed by atoms with Crippen LogP contribution in [-0.2, 0) is 4.74 Å². The van der Waals surface area contributed by atoms with Gasteiger partial charge in [-0.25, -0.2) is 0 Å². The molecule has 0 bridgehead atoms. The molecule has 0 aromatic heterocycles. The number of ether oxygens (including phenoxy) is 1. The van der Waals surface area contributed by atoms with Crippen molar-refractivity contribution in [3.63, 3.8) is 0 Å². The molecule has 0 spiro atoms. The molecule has 0 aromatic rings. The molecular formula is C12H27NO2. The first kappa shape index (κ1) is 14.9. The van der Waals surface area contributed by atoms with Gasteiger partial charge in [-0.3, -0.25) is 0 Å². The summed E-state index contributed by atoms with van der Waals surface area (Å²) in [4.78, 5) is 0. The second kappa shape index (κ2) is 10.4. The van der Waals surface area contributed by atoms with E-state index in [2.05, 4.69) is 13.8 Å². The minimum Gasteiger partial charge on any atom is -0.392 e. The summed E-state index contributed by atoms with van der Waals surface area (Å²) in [7, 11) is 0. The van der Waals surface area contributed by atoms with E-state index in [0.29, 0.717) is 25.7 Å². The van der Waals surface area contributed by atoms with Gasteiger partial charge in [-0.15, -0.1) is 0 Å². The quantitative estimate of drug-likeness (QED) is 0.551. The summed E-state index contributed by atoms with van der Waals surface area (Å²) in [6.45, 7) is 5.26. The molecule has 0 amide bonds. The van der Waals surface area contributed by atoms with Crippen molar-refractivity contribution in [3.8, 4) is 0 Å². The van der Waals surface area contributed by atoms with Crippen molar-refractivity contribution in [2.45, 2.75) is 64.6 Å². The number of hydrogen-bond donors (Lipinski definition) is 2. The highest BCUT2D eigenvalue weighted by atomic mass is 16.5. The first-order valence-electron chi connectivity index (χ1n) is 6.20. The SMILES string of the molecule is CCCCCCC(C)OCCC(O)CN. The Hall–Kier alpha value is -0.120. The molecule has 0 rings (SSSR count). The molecular weight excluding hydrogens is 190 g/mol.